The Morgan fingerprint density at radius 3 is 1.57 bits per heavy atom. The molecule has 2 aliphatic rings. The average Bonchev–Trinajstić information content (AvgIpc) is 3.89. The highest BCUT2D eigenvalue weighted by Crippen LogP contribution is 2.27. The summed E-state index contributed by atoms with van der Waals surface area (Å²) in [7, 11) is 5.51. The molecule has 2 aliphatic heterocycles. The maximum absolute atomic E-state index is 15.3. The first-order valence-electron chi connectivity index (χ1n) is 28.3. The lowest BCUT2D eigenvalue weighted by atomic mass is 9.93. The van der Waals surface area contributed by atoms with E-state index in [9.17, 15) is 43.8 Å². The molecule has 2 saturated heterocycles. The van der Waals surface area contributed by atoms with Crippen molar-refractivity contribution in [3.05, 3.63) is 71.8 Å². The molecule has 0 aliphatic carbocycles. The third kappa shape index (κ3) is 16.4. The number of hydrogen-bond acceptors (Lipinski definition) is 12. The van der Waals surface area contributed by atoms with Crippen LogP contribution in [0.1, 0.15) is 120 Å². The molecule has 2 aromatic carbocycles. The van der Waals surface area contributed by atoms with Crippen molar-refractivity contribution in [2.24, 2.45) is 29.6 Å². The van der Waals surface area contributed by atoms with Crippen LogP contribution < -0.4 is 16.0 Å². The summed E-state index contributed by atoms with van der Waals surface area (Å²) < 4.78 is 6.00. The highest BCUT2D eigenvalue weighted by Gasteiger charge is 2.48. The Hall–Kier alpha value is -6.41. The molecule has 20 heteroatoms. The van der Waals surface area contributed by atoms with Gasteiger partial charge >= 0.3 is 5.97 Å². The Kier molecular flexibility index (Phi) is 23.8. The van der Waals surface area contributed by atoms with Crippen LogP contribution >= 0.6 is 0 Å². The molecular formula is C60H92N8O12. The largest absolute Gasteiger partial charge is 0.450 e. The van der Waals surface area contributed by atoms with Gasteiger partial charge in [-0.1, -0.05) is 129 Å². The molecule has 0 radical (unpaired) electrons. The van der Waals surface area contributed by atoms with Crippen molar-refractivity contribution in [2.75, 3.05) is 34.7 Å². The van der Waals surface area contributed by atoms with Crippen LogP contribution in [0.5, 0.6) is 0 Å². The van der Waals surface area contributed by atoms with Crippen LogP contribution in [0.4, 0.5) is 0 Å². The molecule has 8 amide bonds. The number of rotatable bonds is 13. The van der Waals surface area contributed by atoms with E-state index < -0.39 is 143 Å². The van der Waals surface area contributed by atoms with Crippen LogP contribution in [-0.4, -0.2) is 189 Å². The molecule has 0 bridgehead atoms. The number of amides is 8. The van der Waals surface area contributed by atoms with Crippen LogP contribution in [0.2, 0.25) is 0 Å². The molecule has 0 saturated carbocycles. The molecule has 12 unspecified atom stereocenters. The molecule has 2 fully saturated rings. The maximum Gasteiger partial charge on any atom is 0.332 e. The Morgan fingerprint density at radius 1 is 0.613 bits per heavy atom. The summed E-state index contributed by atoms with van der Waals surface area (Å²) in [5.74, 6) is -9.77. The maximum atomic E-state index is 15.3. The molecule has 12 atom stereocenters. The van der Waals surface area contributed by atoms with Crippen molar-refractivity contribution in [1.82, 2.24) is 40.4 Å². The number of aliphatic hydroxyl groups is 2. The SMILES string of the molecule is CCC(C)C1NC(=O)C2CCCN2C(=O)C(Cc2ccccc2)N(C)C(=O)C(Cc2ccccc2)NC(=O)C(C(C)C)N(C)C(=O)C(C(C)C(C)O)OC(=O)C(C(C)(C)O)N(C)C(=O)C(CC(C)C)NC(=O)C(C(C)C)N(C)C1=O. The summed E-state index contributed by atoms with van der Waals surface area (Å²) in [4.78, 5) is 140. The Morgan fingerprint density at radius 2 is 1.10 bits per heavy atom. The van der Waals surface area contributed by atoms with Gasteiger partial charge in [-0.15, -0.1) is 0 Å². The zero-order valence-corrected chi connectivity index (χ0v) is 50.1. The van der Waals surface area contributed by atoms with Gasteiger partial charge in [0.05, 0.1) is 11.7 Å². The molecule has 444 valence electrons. The highest BCUT2D eigenvalue weighted by molar-refractivity contribution is 5.99. The zero-order chi connectivity index (χ0) is 60.2. The lowest BCUT2D eigenvalue weighted by Crippen LogP contribution is -2.63. The molecule has 20 nitrogen and oxygen atoms in total. The molecule has 0 aromatic heterocycles. The number of aliphatic hydroxyl groups excluding tert-OH is 1. The molecular weight excluding hydrogens is 1020 g/mol. The van der Waals surface area contributed by atoms with Crippen molar-refractivity contribution < 1.29 is 58.1 Å². The predicted molar refractivity (Wildman–Crippen MR) is 303 cm³/mol. The van der Waals surface area contributed by atoms with Crippen LogP contribution in [-0.2, 0) is 60.7 Å². The summed E-state index contributed by atoms with van der Waals surface area (Å²) in [5, 5.41) is 31.4. The fourth-order valence-electron chi connectivity index (χ4n) is 11.0. The van der Waals surface area contributed by atoms with E-state index in [1.807, 2.05) is 39.0 Å². The Labute approximate surface area is 474 Å². The topological polar surface area (TPSA) is 256 Å². The number of ether oxygens (including phenoxy) is 1. The van der Waals surface area contributed by atoms with Gasteiger partial charge in [-0.25, -0.2) is 4.79 Å². The second kappa shape index (κ2) is 28.8. The lowest BCUT2D eigenvalue weighted by molar-refractivity contribution is -0.179. The molecule has 2 aromatic rings. The normalized spacial score (nSPS) is 26.7. The van der Waals surface area contributed by atoms with Gasteiger partial charge in [0, 0.05) is 53.5 Å². The quantitative estimate of drug-likeness (QED) is 0.181. The van der Waals surface area contributed by atoms with Crippen molar-refractivity contribution >= 4 is 53.2 Å². The minimum atomic E-state index is -2.04. The van der Waals surface area contributed by atoms with Gasteiger partial charge in [0.1, 0.15) is 42.3 Å². The molecule has 0 spiro atoms. The summed E-state index contributed by atoms with van der Waals surface area (Å²) in [6.45, 7) is 19.7. The van der Waals surface area contributed by atoms with Crippen LogP contribution in [0, 0.1) is 29.6 Å². The number of esters is 1. The number of likely N-dealkylation sites (N-methyl/N-ethyl adjacent to an activating group) is 4. The lowest BCUT2D eigenvalue weighted by Gasteiger charge is -2.40. The molecule has 2 heterocycles. The van der Waals surface area contributed by atoms with E-state index in [0.29, 0.717) is 24.0 Å². The van der Waals surface area contributed by atoms with Crippen molar-refractivity contribution in [2.45, 2.75) is 188 Å². The zero-order valence-electron chi connectivity index (χ0n) is 50.1. The summed E-state index contributed by atoms with van der Waals surface area (Å²) in [5.41, 5.74) is -0.669. The van der Waals surface area contributed by atoms with Crippen LogP contribution in [0.15, 0.2) is 60.7 Å². The van der Waals surface area contributed by atoms with E-state index in [2.05, 4.69) is 16.0 Å². The molecule has 5 N–H and O–H groups in total. The summed E-state index contributed by atoms with van der Waals surface area (Å²) >= 11 is 0. The smallest absolute Gasteiger partial charge is 0.332 e. The minimum absolute atomic E-state index is 0.0251. The van der Waals surface area contributed by atoms with Crippen molar-refractivity contribution in [3.63, 3.8) is 0 Å². The van der Waals surface area contributed by atoms with E-state index in [4.69, 9.17) is 4.74 Å². The number of nitrogens with zero attached hydrogens (tertiary/aromatic N) is 5. The van der Waals surface area contributed by atoms with E-state index in [-0.39, 0.29) is 38.1 Å². The third-order valence-corrected chi connectivity index (χ3v) is 15.9. The second-order valence-corrected chi connectivity index (χ2v) is 23.9. The predicted octanol–water partition coefficient (Wildman–Crippen LogP) is 3.34. The first kappa shape index (κ1) is 66.1. The van der Waals surface area contributed by atoms with Gasteiger partial charge in [-0.05, 0) is 74.8 Å². The fourth-order valence-corrected chi connectivity index (χ4v) is 11.0. The van der Waals surface area contributed by atoms with Gasteiger partial charge in [0.2, 0.25) is 41.4 Å². The average molecular weight is 1120 g/mol. The van der Waals surface area contributed by atoms with Crippen LogP contribution in [0.3, 0.4) is 0 Å². The standard InChI is InChI=1S/C60H92N8O12/c1-17-37(8)46-57(76)65(14)47(35(4)5)52(71)61-42(31-34(2)3)55(74)67(16)50(60(11,12)79)59(78)80-49(38(9)39(10)69)58(77)66(15)48(36(6)7)53(72)62-43(32-40-25-20-18-21-26-40)54(73)64(13)45(33-41-27-22-19-23-28-41)56(75)68-30-24-29-44(68)51(70)63-46/h18-23,25-28,34-39,42-50,69,79H,17,24,29-33H2,1-16H3,(H,61,71)(H,62,72)(H,63,70). The van der Waals surface area contributed by atoms with E-state index in [1.165, 1.54) is 70.6 Å². The number of cyclic esters (lactones) is 1. The number of carbonyl (C=O) groups is 9. The van der Waals surface area contributed by atoms with E-state index in [0.717, 1.165) is 9.80 Å². The number of carbonyl (C=O) groups excluding carboxylic acids is 9. The van der Waals surface area contributed by atoms with E-state index >= 15 is 9.59 Å². The first-order chi connectivity index (χ1) is 37.3. The van der Waals surface area contributed by atoms with Crippen molar-refractivity contribution in [3.8, 4) is 0 Å². The minimum Gasteiger partial charge on any atom is -0.450 e. The van der Waals surface area contributed by atoms with Gasteiger partial charge < -0.3 is 55.4 Å². The molecule has 4 rings (SSSR count). The Bertz CT molecular complexity index is 2470. The van der Waals surface area contributed by atoms with Gasteiger partial charge in [0.25, 0.3) is 5.91 Å². The van der Waals surface area contributed by atoms with Gasteiger partial charge in [-0.3, -0.25) is 38.4 Å². The number of fused-ring (bicyclic) bond motifs is 1. The Balaban J connectivity index is 1.99. The van der Waals surface area contributed by atoms with Crippen LogP contribution in [0.25, 0.3) is 0 Å². The molecule has 80 heavy (non-hydrogen) atoms. The monoisotopic (exact) mass is 1120 g/mol. The number of hydrogen-bond donors (Lipinski definition) is 5. The summed E-state index contributed by atoms with van der Waals surface area (Å²) in [6, 6.07) is 7.58. The van der Waals surface area contributed by atoms with Crippen molar-refractivity contribution in [1.29, 1.82) is 0 Å². The highest BCUT2D eigenvalue weighted by atomic mass is 16.6. The van der Waals surface area contributed by atoms with Gasteiger partial charge in [0.15, 0.2) is 12.1 Å². The first-order valence-corrected chi connectivity index (χ1v) is 28.3. The summed E-state index contributed by atoms with van der Waals surface area (Å²) in [6.07, 6.45) is -1.91. The number of benzene rings is 2. The third-order valence-electron chi connectivity index (χ3n) is 15.9. The fraction of sp³-hybridized carbons (Fsp3) is 0.650. The van der Waals surface area contributed by atoms with Gasteiger partial charge in [-0.2, -0.15) is 0 Å². The second-order valence-electron chi connectivity index (χ2n) is 23.9. The van der Waals surface area contributed by atoms with E-state index in [1.54, 1.807) is 77.1 Å². The number of nitrogens with one attached hydrogen (secondary N) is 3.